The summed E-state index contributed by atoms with van der Waals surface area (Å²) in [7, 11) is 0. The number of esters is 1. The van der Waals surface area contributed by atoms with Crippen LogP contribution in [-0.4, -0.2) is 24.7 Å². The lowest BCUT2D eigenvalue weighted by molar-refractivity contribution is -0.145. The van der Waals surface area contributed by atoms with Crippen molar-refractivity contribution in [2.24, 2.45) is 29.1 Å². The standard InChI is InChI=1S/C26H37NO3/c1-17-7-5-11-26(2)15-24-20(14-22(17)26)21(25(28)30-24)16-27-23-10-4-3-8-18(23)13-19-9-6-12-29-19/h6,9,12,14,17-18,20-21,23-24,27H,3-5,7-8,10-11,13,15-16H2,1-2H3/t17-,18+,20+,21-,23-,24+,26+/m0/s1. The summed E-state index contributed by atoms with van der Waals surface area (Å²) in [5.74, 6) is 2.54. The first-order valence-corrected chi connectivity index (χ1v) is 12.2. The Balaban J connectivity index is 1.28. The Morgan fingerprint density at radius 3 is 2.90 bits per heavy atom. The number of hydrogen-bond acceptors (Lipinski definition) is 4. The van der Waals surface area contributed by atoms with E-state index < -0.39 is 0 Å². The second kappa shape index (κ2) is 8.18. The van der Waals surface area contributed by atoms with Crippen molar-refractivity contribution in [3.8, 4) is 0 Å². The largest absolute Gasteiger partial charge is 0.469 e. The number of furan rings is 1. The van der Waals surface area contributed by atoms with E-state index in [1.54, 1.807) is 11.8 Å². The molecule has 4 aliphatic rings. The zero-order valence-electron chi connectivity index (χ0n) is 18.6. The highest BCUT2D eigenvalue weighted by Gasteiger charge is 2.51. The lowest BCUT2D eigenvalue weighted by atomic mass is 9.59. The van der Waals surface area contributed by atoms with Crippen LogP contribution >= 0.6 is 0 Å². The van der Waals surface area contributed by atoms with Gasteiger partial charge in [-0.15, -0.1) is 0 Å². The zero-order valence-corrected chi connectivity index (χ0v) is 18.6. The summed E-state index contributed by atoms with van der Waals surface area (Å²) in [5, 5.41) is 3.81. The van der Waals surface area contributed by atoms with Crippen molar-refractivity contribution < 1.29 is 13.9 Å². The van der Waals surface area contributed by atoms with Crippen LogP contribution in [0, 0.1) is 29.1 Å². The molecule has 30 heavy (non-hydrogen) atoms. The minimum Gasteiger partial charge on any atom is -0.469 e. The monoisotopic (exact) mass is 411 g/mol. The van der Waals surface area contributed by atoms with Crippen LogP contribution < -0.4 is 5.32 Å². The molecule has 2 heterocycles. The fourth-order valence-corrected chi connectivity index (χ4v) is 6.97. The van der Waals surface area contributed by atoms with Gasteiger partial charge in [-0.05, 0) is 61.5 Å². The van der Waals surface area contributed by atoms with Crippen LogP contribution in [0.1, 0.15) is 71.0 Å². The van der Waals surface area contributed by atoms with Gasteiger partial charge >= 0.3 is 5.97 Å². The van der Waals surface area contributed by atoms with Crippen molar-refractivity contribution in [2.75, 3.05) is 6.54 Å². The van der Waals surface area contributed by atoms with E-state index >= 15 is 0 Å². The number of carbonyl (C=O) groups is 1. The maximum atomic E-state index is 12.8. The highest BCUT2D eigenvalue weighted by molar-refractivity contribution is 5.76. The molecule has 1 aliphatic heterocycles. The molecular weight excluding hydrogens is 374 g/mol. The zero-order chi connectivity index (χ0) is 20.7. The number of fused-ring (bicyclic) bond motifs is 2. The molecule has 0 unspecified atom stereocenters. The Hall–Kier alpha value is -1.55. The van der Waals surface area contributed by atoms with Gasteiger partial charge in [0.15, 0.2) is 0 Å². The number of nitrogens with one attached hydrogen (secondary N) is 1. The van der Waals surface area contributed by atoms with E-state index in [1.807, 2.05) is 6.07 Å². The van der Waals surface area contributed by atoms with E-state index in [-0.39, 0.29) is 29.3 Å². The Bertz CT molecular complexity index is 784. The first-order chi connectivity index (χ1) is 14.5. The lowest BCUT2D eigenvalue weighted by Gasteiger charge is -2.46. The molecule has 4 nitrogen and oxygen atoms in total. The Morgan fingerprint density at radius 2 is 2.07 bits per heavy atom. The number of carbonyl (C=O) groups excluding carboxylic acids is 1. The predicted molar refractivity (Wildman–Crippen MR) is 117 cm³/mol. The number of hydrogen-bond donors (Lipinski definition) is 1. The average Bonchev–Trinajstić information content (AvgIpc) is 3.33. The number of rotatable bonds is 5. The molecule has 0 bridgehead atoms. The van der Waals surface area contributed by atoms with E-state index in [2.05, 4.69) is 31.3 Å². The summed E-state index contributed by atoms with van der Waals surface area (Å²) in [6, 6.07) is 4.53. The van der Waals surface area contributed by atoms with Crippen LogP contribution in [0.15, 0.2) is 34.5 Å². The molecule has 4 heteroatoms. The molecule has 0 aromatic carbocycles. The van der Waals surface area contributed by atoms with Gasteiger partial charge in [0.2, 0.25) is 0 Å². The van der Waals surface area contributed by atoms with Crippen molar-refractivity contribution in [1.82, 2.24) is 5.32 Å². The van der Waals surface area contributed by atoms with Crippen LogP contribution in [0.5, 0.6) is 0 Å². The second-order valence-corrected chi connectivity index (χ2v) is 10.7. The molecule has 7 atom stereocenters. The molecule has 1 N–H and O–H groups in total. The van der Waals surface area contributed by atoms with Crippen molar-refractivity contribution in [3.63, 3.8) is 0 Å². The summed E-state index contributed by atoms with van der Waals surface area (Å²) >= 11 is 0. The van der Waals surface area contributed by atoms with Gasteiger partial charge in [0.1, 0.15) is 11.9 Å². The van der Waals surface area contributed by atoms with Gasteiger partial charge in [0.25, 0.3) is 0 Å². The third kappa shape index (κ3) is 3.77. The van der Waals surface area contributed by atoms with Gasteiger partial charge in [-0.25, -0.2) is 0 Å². The Kier molecular flexibility index (Phi) is 5.55. The fraction of sp³-hybridized carbons (Fsp3) is 0.731. The van der Waals surface area contributed by atoms with Crippen molar-refractivity contribution in [3.05, 3.63) is 35.8 Å². The first-order valence-electron chi connectivity index (χ1n) is 12.2. The van der Waals surface area contributed by atoms with Gasteiger partial charge in [-0.3, -0.25) is 4.79 Å². The SMILES string of the molecule is C[C@H]1CCC[C@]2(C)C[C@H]3OC(=O)[C@@H](CN[C@H]4CCCC[C@@H]4Cc4ccco4)[C@H]3C=C12. The molecule has 1 aromatic heterocycles. The van der Waals surface area contributed by atoms with Crippen LogP contribution in [0.3, 0.4) is 0 Å². The van der Waals surface area contributed by atoms with Crippen molar-refractivity contribution in [2.45, 2.75) is 83.8 Å². The molecule has 164 valence electrons. The molecule has 2 saturated carbocycles. The second-order valence-electron chi connectivity index (χ2n) is 10.7. The van der Waals surface area contributed by atoms with E-state index in [1.165, 1.54) is 44.9 Å². The van der Waals surface area contributed by atoms with Crippen LogP contribution in [0.25, 0.3) is 0 Å². The average molecular weight is 412 g/mol. The molecule has 0 amide bonds. The summed E-state index contributed by atoms with van der Waals surface area (Å²) in [6.45, 7) is 5.51. The van der Waals surface area contributed by atoms with Gasteiger partial charge in [0, 0.05) is 24.9 Å². The molecule has 1 saturated heterocycles. The Labute approximate surface area is 180 Å². The van der Waals surface area contributed by atoms with Gasteiger partial charge in [0.05, 0.1) is 12.2 Å². The van der Waals surface area contributed by atoms with E-state index in [9.17, 15) is 4.79 Å². The number of allylic oxidation sites excluding steroid dienone is 1. The Morgan fingerprint density at radius 1 is 1.20 bits per heavy atom. The number of ether oxygens (including phenoxy) is 1. The highest BCUT2D eigenvalue weighted by Crippen LogP contribution is 2.53. The molecule has 3 fully saturated rings. The van der Waals surface area contributed by atoms with Crippen LogP contribution in [0.2, 0.25) is 0 Å². The van der Waals surface area contributed by atoms with Crippen LogP contribution in [0.4, 0.5) is 0 Å². The van der Waals surface area contributed by atoms with E-state index in [4.69, 9.17) is 9.15 Å². The topological polar surface area (TPSA) is 51.5 Å². The maximum Gasteiger partial charge on any atom is 0.311 e. The van der Waals surface area contributed by atoms with Gasteiger partial charge < -0.3 is 14.5 Å². The maximum absolute atomic E-state index is 12.8. The van der Waals surface area contributed by atoms with Crippen LogP contribution in [-0.2, 0) is 16.0 Å². The smallest absolute Gasteiger partial charge is 0.311 e. The summed E-state index contributed by atoms with van der Waals surface area (Å²) in [6.07, 6.45) is 15.1. The predicted octanol–water partition coefficient (Wildman–Crippen LogP) is 5.28. The normalized spacial score (nSPS) is 41.0. The van der Waals surface area contributed by atoms with E-state index in [0.29, 0.717) is 17.9 Å². The molecule has 0 radical (unpaired) electrons. The molecule has 3 aliphatic carbocycles. The van der Waals surface area contributed by atoms with Crippen molar-refractivity contribution >= 4 is 5.97 Å². The van der Waals surface area contributed by atoms with Gasteiger partial charge in [-0.2, -0.15) is 0 Å². The molecule has 5 rings (SSSR count). The highest BCUT2D eigenvalue weighted by atomic mass is 16.6. The third-order valence-electron chi connectivity index (χ3n) is 8.63. The first kappa shape index (κ1) is 20.4. The minimum absolute atomic E-state index is 0.0163. The minimum atomic E-state index is -0.0348. The van der Waals surface area contributed by atoms with Gasteiger partial charge in [-0.1, -0.05) is 44.8 Å². The lowest BCUT2D eigenvalue weighted by Crippen LogP contribution is -2.44. The third-order valence-corrected chi connectivity index (χ3v) is 8.63. The molecule has 1 aromatic rings. The fourth-order valence-electron chi connectivity index (χ4n) is 6.97. The summed E-state index contributed by atoms with van der Waals surface area (Å²) < 4.78 is 11.6. The molecule has 0 spiro atoms. The summed E-state index contributed by atoms with van der Waals surface area (Å²) in [5.41, 5.74) is 1.84. The summed E-state index contributed by atoms with van der Waals surface area (Å²) in [4.78, 5) is 12.8. The van der Waals surface area contributed by atoms with E-state index in [0.717, 1.165) is 25.1 Å². The molecular formula is C26H37NO3. The van der Waals surface area contributed by atoms with Crippen molar-refractivity contribution in [1.29, 1.82) is 0 Å². The quantitative estimate of drug-likeness (QED) is 0.529.